The summed E-state index contributed by atoms with van der Waals surface area (Å²) in [5, 5.41) is 0. The van der Waals surface area contributed by atoms with Crippen LogP contribution in [0.25, 0.3) is 0 Å². The summed E-state index contributed by atoms with van der Waals surface area (Å²) >= 11 is 8.63. The van der Waals surface area contributed by atoms with Gasteiger partial charge in [0.1, 0.15) is 5.75 Å². The molecule has 0 bridgehead atoms. The van der Waals surface area contributed by atoms with Gasteiger partial charge in [0.2, 0.25) is 5.78 Å². The first-order chi connectivity index (χ1) is 8.26. The van der Waals surface area contributed by atoms with Crippen molar-refractivity contribution in [3.8, 4) is 5.75 Å². The summed E-state index contributed by atoms with van der Waals surface area (Å²) in [5.74, 6) is -0.378. The van der Waals surface area contributed by atoms with Crippen LogP contribution in [0.2, 0.25) is 0 Å². The number of carbonyl (C=O) groups is 1. The molecule has 0 aromatic heterocycles. The standard InChI is InChI=1S/C11H12BrClO4S/c1-3-18(15,16)11(12,13)10(14)8-4-6-9(17-2)7-5-8/h4-7H,3H2,1-2H3/t11-/m0/s1. The molecule has 0 radical (unpaired) electrons. The molecule has 0 spiro atoms. The van der Waals surface area contributed by atoms with Gasteiger partial charge in [-0.25, -0.2) is 8.42 Å². The Hall–Kier alpha value is -0.590. The molecule has 1 aromatic carbocycles. The fourth-order valence-corrected chi connectivity index (χ4v) is 3.35. The van der Waals surface area contributed by atoms with E-state index < -0.39 is 18.7 Å². The van der Waals surface area contributed by atoms with Crippen LogP contribution in [0, 0.1) is 0 Å². The molecule has 1 rings (SSSR count). The van der Waals surface area contributed by atoms with E-state index in [0.717, 1.165) is 0 Å². The van der Waals surface area contributed by atoms with Gasteiger partial charge < -0.3 is 4.74 Å². The first-order valence-electron chi connectivity index (χ1n) is 5.05. The summed E-state index contributed by atoms with van der Waals surface area (Å²) in [5.41, 5.74) is 0.194. The molecule has 0 unspecified atom stereocenters. The predicted molar refractivity (Wildman–Crippen MR) is 74.3 cm³/mol. The highest BCUT2D eigenvalue weighted by Gasteiger charge is 2.45. The molecule has 0 heterocycles. The van der Waals surface area contributed by atoms with Crippen LogP contribution in [0.15, 0.2) is 24.3 Å². The number of methoxy groups -OCH3 is 1. The zero-order chi connectivity index (χ0) is 14.0. The van der Waals surface area contributed by atoms with Gasteiger partial charge in [-0.15, -0.1) is 0 Å². The maximum absolute atomic E-state index is 12.1. The first-order valence-corrected chi connectivity index (χ1v) is 7.87. The third kappa shape index (κ3) is 2.87. The molecule has 0 aliphatic rings. The van der Waals surface area contributed by atoms with Crippen molar-refractivity contribution in [3.63, 3.8) is 0 Å². The Bertz CT molecular complexity index is 537. The number of rotatable bonds is 5. The van der Waals surface area contributed by atoms with Crippen LogP contribution in [0.4, 0.5) is 0 Å². The topological polar surface area (TPSA) is 60.4 Å². The number of hydrogen-bond donors (Lipinski definition) is 0. The minimum atomic E-state index is -3.76. The second kappa shape index (κ2) is 5.59. The number of carbonyl (C=O) groups excluding carboxylic acids is 1. The van der Waals surface area contributed by atoms with Gasteiger partial charge in [-0.1, -0.05) is 18.5 Å². The van der Waals surface area contributed by atoms with Gasteiger partial charge in [0.15, 0.2) is 9.84 Å². The SMILES string of the molecule is CCS(=O)(=O)[C@](Cl)(Br)C(=O)c1ccc(OC)cc1. The van der Waals surface area contributed by atoms with Crippen molar-refractivity contribution >= 4 is 43.2 Å². The smallest absolute Gasteiger partial charge is 0.261 e. The summed E-state index contributed by atoms with van der Waals surface area (Å²) in [6.07, 6.45) is 0. The Morgan fingerprint density at radius 1 is 1.39 bits per heavy atom. The highest BCUT2D eigenvalue weighted by Crippen LogP contribution is 2.35. The lowest BCUT2D eigenvalue weighted by atomic mass is 10.1. The molecule has 0 amide bonds. The number of ketones is 1. The zero-order valence-corrected chi connectivity index (χ0v) is 13.0. The Morgan fingerprint density at radius 2 is 1.89 bits per heavy atom. The van der Waals surface area contributed by atoms with Gasteiger partial charge in [0, 0.05) is 5.56 Å². The Kier molecular flexibility index (Phi) is 4.80. The van der Waals surface area contributed by atoms with Crippen LogP contribution >= 0.6 is 27.5 Å². The van der Waals surface area contributed by atoms with Gasteiger partial charge >= 0.3 is 0 Å². The quantitative estimate of drug-likeness (QED) is 0.602. The van der Waals surface area contributed by atoms with E-state index in [2.05, 4.69) is 15.9 Å². The van der Waals surface area contributed by atoms with E-state index in [1.54, 1.807) is 12.1 Å². The van der Waals surface area contributed by atoms with Gasteiger partial charge in [-0.05, 0) is 40.2 Å². The predicted octanol–water partition coefficient (Wildman–Crippen LogP) is 2.60. The summed E-state index contributed by atoms with van der Waals surface area (Å²) in [6.45, 7) is 1.43. The second-order valence-electron chi connectivity index (χ2n) is 3.48. The van der Waals surface area contributed by atoms with Crippen molar-refractivity contribution in [2.45, 2.75) is 10.0 Å². The van der Waals surface area contributed by atoms with Crippen molar-refractivity contribution in [3.05, 3.63) is 29.8 Å². The lowest BCUT2D eigenvalue weighted by Crippen LogP contribution is -2.36. The van der Waals surface area contributed by atoms with E-state index in [0.29, 0.717) is 5.75 Å². The van der Waals surface area contributed by atoms with E-state index in [1.807, 2.05) is 0 Å². The van der Waals surface area contributed by atoms with Crippen molar-refractivity contribution in [1.29, 1.82) is 0 Å². The van der Waals surface area contributed by atoms with E-state index in [9.17, 15) is 13.2 Å². The van der Waals surface area contributed by atoms with Crippen LogP contribution in [0.3, 0.4) is 0 Å². The molecular formula is C11H12BrClO4S. The van der Waals surface area contributed by atoms with Crippen molar-refractivity contribution in [2.24, 2.45) is 0 Å². The molecule has 0 fully saturated rings. The Labute approximate surface area is 119 Å². The third-order valence-corrected chi connectivity index (χ3v) is 6.83. The number of Topliss-reactive ketones (excluding diaryl/α,β-unsaturated/α-hetero) is 1. The van der Waals surface area contributed by atoms with Crippen LogP contribution in [-0.2, 0) is 9.84 Å². The lowest BCUT2D eigenvalue weighted by molar-refractivity contribution is 0.1000. The van der Waals surface area contributed by atoms with Crippen LogP contribution in [0.1, 0.15) is 17.3 Å². The first kappa shape index (κ1) is 15.5. The van der Waals surface area contributed by atoms with Crippen molar-refractivity contribution < 1.29 is 17.9 Å². The van der Waals surface area contributed by atoms with Crippen LogP contribution in [0.5, 0.6) is 5.75 Å². The molecule has 1 aromatic rings. The molecule has 18 heavy (non-hydrogen) atoms. The molecule has 0 aliphatic carbocycles. The average molecular weight is 356 g/mol. The number of sulfone groups is 1. The number of alkyl halides is 2. The van der Waals surface area contributed by atoms with Gasteiger partial charge in [-0.2, -0.15) is 0 Å². The minimum absolute atomic E-state index is 0.194. The summed E-state index contributed by atoms with van der Waals surface area (Å²) in [7, 11) is -2.26. The number of halogens is 2. The highest BCUT2D eigenvalue weighted by molar-refractivity contribution is 9.12. The largest absolute Gasteiger partial charge is 0.497 e. The molecule has 7 heteroatoms. The average Bonchev–Trinajstić information content (AvgIpc) is 2.37. The van der Waals surface area contributed by atoms with Gasteiger partial charge in [-0.3, -0.25) is 4.79 Å². The molecule has 4 nitrogen and oxygen atoms in total. The maximum Gasteiger partial charge on any atom is 0.261 e. The monoisotopic (exact) mass is 354 g/mol. The molecule has 0 saturated carbocycles. The Morgan fingerprint density at radius 3 is 2.28 bits per heavy atom. The summed E-state index contributed by atoms with van der Waals surface area (Å²) in [4.78, 5) is 12.1. The van der Waals surface area contributed by atoms with E-state index >= 15 is 0 Å². The molecule has 0 saturated heterocycles. The molecular weight excluding hydrogens is 344 g/mol. The van der Waals surface area contributed by atoms with E-state index in [1.165, 1.54) is 26.2 Å². The van der Waals surface area contributed by atoms with Crippen LogP contribution < -0.4 is 4.74 Å². The fraction of sp³-hybridized carbons (Fsp3) is 0.364. The maximum atomic E-state index is 12.1. The van der Waals surface area contributed by atoms with Gasteiger partial charge in [0.25, 0.3) is 3.12 Å². The molecule has 100 valence electrons. The molecule has 0 aliphatic heterocycles. The van der Waals surface area contributed by atoms with Crippen molar-refractivity contribution in [2.75, 3.05) is 12.9 Å². The number of benzene rings is 1. The fourth-order valence-electron chi connectivity index (χ4n) is 1.23. The molecule has 0 N–H and O–H groups in total. The third-order valence-electron chi connectivity index (χ3n) is 2.39. The van der Waals surface area contributed by atoms with Crippen LogP contribution in [-0.4, -0.2) is 30.2 Å². The second-order valence-corrected chi connectivity index (χ2v) is 8.86. The lowest BCUT2D eigenvalue weighted by Gasteiger charge is -2.18. The number of hydrogen-bond acceptors (Lipinski definition) is 4. The Balaban J connectivity index is 3.14. The van der Waals surface area contributed by atoms with Crippen molar-refractivity contribution in [1.82, 2.24) is 0 Å². The normalized spacial score (nSPS) is 14.9. The number of ether oxygens (including phenoxy) is 1. The summed E-state index contributed by atoms with van der Waals surface area (Å²) in [6, 6.07) is 6.05. The highest BCUT2D eigenvalue weighted by atomic mass is 79.9. The van der Waals surface area contributed by atoms with E-state index in [4.69, 9.17) is 16.3 Å². The summed E-state index contributed by atoms with van der Waals surface area (Å²) < 4.78 is 26.3. The van der Waals surface area contributed by atoms with Gasteiger partial charge in [0.05, 0.1) is 12.9 Å². The van der Waals surface area contributed by atoms with E-state index in [-0.39, 0.29) is 11.3 Å². The minimum Gasteiger partial charge on any atom is -0.497 e. The zero-order valence-electron chi connectivity index (χ0n) is 9.81. The molecule has 1 atom stereocenters.